The van der Waals surface area contributed by atoms with Crippen LogP contribution in [0.4, 0.5) is 0 Å². The molecule has 4 nitrogen and oxygen atoms in total. The molecule has 2 rings (SSSR count). The van der Waals surface area contributed by atoms with Crippen LogP contribution in [0.15, 0.2) is 67.0 Å². The van der Waals surface area contributed by atoms with E-state index in [9.17, 15) is 4.79 Å². The predicted octanol–water partition coefficient (Wildman–Crippen LogP) is 2.58. The van der Waals surface area contributed by atoms with Crippen molar-refractivity contribution in [3.63, 3.8) is 0 Å². The molecule has 0 fully saturated rings. The van der Waals surface area contributed by atoms with Gasteiger partial charge in [0, 0.05) is 28.9 Å². The summed E-state index contributed by atoms with van der Waals surface area (Å²) in [7, 11) is 0. The summed E-state index contributed by atoms with van der Waals surface area (Å²) >= 11 is 0. The number of ether oxygens (including phenoxy) is 1. The van der Waals surface area contributed by atoms with E-state index in [1.165, 1.54) is 5.56 Å². The summed E-state index contributed by atoms with van der Waals surface area (Å²) in [5.41, 5.74) is 2.71. The Bertz CT molecular complexity index is 621. The van der Waals surface area contributed by atoms with Gasteiger partial charge >= 0.3 is 5.97 Å². The van der Waals surface area contributed by atoms with Crippen molar-refractivity contribution in [2.24, 2.45) is 0 Å². The molecule has 1 aromatic carbocycles. The van der Waals surface area contributed by atoms with Crippen LogP contribution in [0, 0.1) is 0 Å². The van der Waals surface area contributed by atoms with Gasteiger partial charge in [-0.15, -0.1) is 0 Å². The van der Waals surface area contributed by atoms with E-state index in [4.69, 9.17) is 9.57 Å². The maximum Gasteiger partial charge on any atom is 0.333 e. The largest absolute Gasteiger partial charge is 0.462 e. The third kappa shape index (κ3) is 4.74. The van der Waals surface area contributed by atoms with Gasteiger partial charge in [0.2, 0.25) is 12.4 Å². The molecule has 1 heterocycles. The first-order chi connectivity index (χ1) is 10.7. The topological polar surface area (TPSA) is 39.4 Å². The molecule has 0 unspecified atom stereocenters. The number of hydrogen-bond donors (Lipinski definition) is 0. The van der Waals surface area contributed by atoms with Crippen molar-refractivity contribution < 1.29 is 19.1 Å². The highest BCUT2D eigenvalue weighted by Gasteiger charge is 2.05. The Labute approximate surface area is 130 Å². The van der Waals surface area contributed by atoms with Crippen molar-refractivity contribution in [3.8, 4) is 11.1 Å². The van der Waals surface area contributed by atoms with E-state index in [1.807, 2.05) is 42.7 Å². The fourth-order valence-corrected chi connectivity index (χ4v) is 1.84. The molecule has 0 atom stereocenters. The molecule has 0 radical (unpaired) electrons. The summed E-state index contributed by atoms with van der Waals surface area (Å²) in [5.74, 6) is -0.361. The maximum absolute atomic E-state index is 11.2. The van der Waals surface area contributed by atoms with E-state index in [0.717, 1.165) is 5.56 Å². The zero-order valence-electron chi connectivity index (χ0n) is 12.7. The minimum absolute atomic E-state index is 0.328. The van der Waals surface area contributed by atoms with Gasteiger partial charge in [-0.25, -0.2) is 4.79 Å². The lowest BCUT2D eigenvalue weighted by Crippen LogP contribution is -2.42. The molecule has 4 heteroatoms. The van der Waals surface area contributed by atoms with Crippen LogP contribution in [0.5, 0.6) is 0 Å². The normalized spacial score (nSPS) is 10.0. The number of rotatable bonds is 7. The highest BCUT2D eigenvalue weighted by molar-refractivity contribution is 5.86. The predicted molar refractivity (Wildman–Crippen MR) is 83.9 cm³/mol. The summed E-state index contributed by atoms with van der Waals surface area (Å²) in [5, 5.41) is 0. The Morgan fingerprint density at radius 2 is 1.68 bits per heavy atom. The van der Waals surface area contributed by atoms with Crippen molar-refractivity contribution in [3.05, 3.63) is 67.0 Å². The summed E-state index contributed by atoms with van der Waals surface area (Å²) < 4.78 is 6.64. The molecule has 0 N–H and O–H groups in total. The number of carbonyl (C=O) groups is 1. The van der Waals surface area contributed by atoms with E-state index in [-0.39, 0.29) is 5.97 Å². The van der Waals surface area contributed by atoms with Crippen LogP contribution in [-0.4, -0.2) is 19.2 Å². The van der Waals surface area contributed by atoms with E-state index >= 15 is 0 Å². The van der Waals surface area contributed by atoms with Crippen molar-refractivity contribution in [1.82, 2.24) is 0 Å². The van der Waals surface area contributed by atoms with Crippen LogP contribution >= 0.6 is 0 Å². The maximum atomic E-state index is 11.2. The molecule has 0 amide bonds. The van der Waals surface area contributed by atoms with E-state index < -0.39 is 0 Å². The molecule has 0 saturated heterocycles. The van der Waals surface area contributed by atoms with Gasteiger partial charge in [-0.2, -0.15) is 0 Å². The quantitative estimate of drug-likeness (QED) is 0.341. The van der Waals surface area contributed by atoms with Gasteiger partial charge in [0.1, 0.15) is 0 Å². The lowest BCUT2D eigenvalue weighted by molar-refractivity contribution is -0.891. The number of hydrogen-bond acceptors (Lipinski definition) is 3. The lowest BCUT2D eigenvalue weighted by Gasteiger charge is -2.03. The first-order valence-electron chi connectivity index (χ1n) is 7.19. The van der Waals surface area contributed by atoms with Gasteiger partial charge in [0.15, 0.2) is 6.61 Å². The number of carbonyl (C=O) groups excluding carboxylic acids is 1. The monoisotopic (exact) mass is 298 g/mol. The smallest absolute Gasteiger partial charge is 0.333 e. The molecule has 1 aromatic heterocycles. The van der Waals surface area contributed by atoms with Gasteiger partial charge in [0.05, 0.1) is 6.61 Å². The average Bonchev–Trinajstić information content (AvgIpc) is 2.55. The number of esters is 1. The second-order valence-corrected chi connectivity index (χ2v) is 4.92. The lowest BCUT2D eigenvalue weighted by atomic mass is 10.1. The summed E-state index contributed by atoms with van der Waals surface area (Å²) in [4.78, 5) is 16.7. The second kappa shape index (κ2) is 7.98. The minimum Gasteiger partial charge on any atom is -0.462 e. The van der Waals surface area contributed by atoms with E-state index in [2.05, 4.69) is 18.7 Å². The van der Waals surface area contributed by atoms with Crippen LogP contribution in [0.3, 0.4) is 0 Å². The Morgan fingerprint density at radius 1 is 1.05 bits per heavy atom. The second-order valence-electron chi connectivity index (χ2n) is 4.92. The molecular weight excluding hydrogens is 278 g/mol. The van der Waals surface area contributed by atoms with Crippen molar-refractivity contribution in [2.75, 3.05) is 13.2 Å². The standard InChI is InChI=1S/C18H20NO3/c1-15(2)18(20)21-13-6-14-22-19-11-9-17(10-12-19)16-7-4-3-5-8-16/h3-5,7-12H,1,6,13-14H2,2H3/q+1. The molecule has 0 saturated carbocycles. The number of pyridine rings is 1. The molecule has 0 aliphatic carbocycles. The minimum atomic E-state index is -0.361. The van der Waals surface area contributed by atoms with Gasteiger partial charge < -0.3 is 4.74 Å². The number of aromatic nitrogens is 1. The highest BCUT2D eigenvalue weighted by Crippen LogP contribution is 2.16. The summed E-state index contributed by atoms with van der Waals surface area (Å²) in [6.07, 6.45) is 4.36. The molecule has 0 bridgehead atoms. The van der Waals surface area contributed by atoms with E-state index in [0.29, 0.717) is 25.2 Å². The van der Waals surface area contributed by atoms with Crippen LogP contribution < -0.4 is 9.57 Å². The highest BCUT2D eigenvalue weighted by atomic mass is 16.7. The van der Waals surface area contributed by atoms with Gasteiger partial charge in [-0.05, 0) is 18.1 Å². The van der Waals surface area contributed by atoms with Crippen molar-refractivity contribution in [1.29, 1.82) is 0 Å². The zero-order valence-corrected chi connectivity index (χ0v) is 12.7. The first-order valence-corrected chi connectivity index (χ1v) is 7.19. The molecule has 114 valence electrons. The molecule has 22 heavy (non-hydrogen) atoms. The number of benzene rings is 1. The Morgan fingerprint density at radius 3 is 2.32 bits per heavy atom. The fourth-order valence-electron chi connectivity index (χ4n) is 1.84. The van der Waals surface area contributed by atoms with Crippen molar-refractivity contribution >= 4 is 5.97 Å². The number of nitrogens with zero attached hydrogens (tertiary/aromatic N) is 1. The van der Waals surface area contributed by atoms with Gasteiger partial charge in [0.25, 0.3) is 0 Å². The van der Waals surface area contributed by atoms with Crippen molar-refractivity contribution in [2.45, 2.75) is 13.3 Å². The first kappa shape index (κ1) is 15.8. The molecule has 2 aromatic rings. The van der Waals surface area contributed by atoms with Gasteiger partial charge in [-0.3, -0.25) is 4.84 Å². The van der Waals surface area contributed by atoms with Crippen LogP contribution in [-0.2, 0) is 9.53 Å². The third-order valence-electron chi connectivity index (χ3n) is 3.02. The van der Waals surface area contributed by atoms with Gasteiger partial charge in [-0.1, -0.05) is 36.9 Å². The Kier molecular flexibility index (Phi) is 5.72. The van der Waals surface area contributed by atoms with Crippen LogP contribution in [0.1, 0.15) is 13.3 Å². The molecule has 0 aliphatic rings. The third-order valence-corrected chi connectivity index (χ3v) is 3.02. The average molecular weight is 298 g/mol. The summed E-state index contributed by atoms with van der Waals surface area (Å²) in [6, 6.07) is 14.1. The van der Waals surface area contributed by atoms with E-state index in [1.54, 1.807) is 11.7 Å². The van der Waals surface area contributed by atoms with Crippen LogP contribution in [0.2, 0.25) is 0 Å². The summed E-state index contributed by atoms with van der Waals surface area (Å²) in [6.45, 7) is 5.95. The fraction of sp³-hybridized carbons (Fsp3) is 0.222. The molecule has 0 spiro atoms. The Hall–Kier alpha value is -2.62. The molecule has 0 aliphatic heterocycles. The Balaban J connectivity index is 1.75. The van der Waals surface area contributed by atoms with Crippen LogP contribution in [0.25, 0.3) is 11.1 Å². The molecular formula is C18H20NO3+. The SMILES string of the molecule is C=C(C)C(=O)OCCCO[n+]1ccc(-c2ccccc2)cc1. The zero-order chi connectivity index (χ0) is 15.8.